The molecule has 1 aliphatic heterocycles. The normalized spacial score (nSPS) is 13.1. The third-order valence-corrected chi connectivity index (χ3v) is 5.52. The molecule has 0 atom stereocenters. The molecular formula is C19H21ClN2O5S. The molecule has 1 amide bonds. The topological polar surface area (TPSA) is 84.9 Å². The van der Waals surface area contributed by atoms with Gasteiger partial charge in [0.15, 0.2) is 11.5 Å². The van der Waals surface area contributed by atoms with Crippen molar-refractivity contribution >= 4 is 38.9 Å². The standard InChI is InChI=1S/C19H21ClN2O5S/c1-28(24,25)22(16-7-8-17-18(13-16)27-11-10-26-17)9-3-6-19(23)21-15-5-2-4-14(20)12-15/h2,4-5,7-8,12-13H,3,6,9-11H2,1H3,(H,21,23). The van der Waals surface area contributed by atoms with Crippen molar-refractivity contribution < 1.29 is 22.7 Å². The van der Waals surface area contributed by atoms with Crippen LogP contribution >= 0.6 is 11.6 Å². The Morgan fingerprint density at radius 1 is 1.14 bits per heavy atom. The molecular weight excluding hydrogens is 404 g/mol. The van der Waals surface area contributed by atoms with E-state index >= 15 is 0 Å². The summed E-state index contributed by atoms with van der Waals surface area (Å²) in [4.78, 5) is 12.1. The number of amides is 1. The first kappa shape index (κ1) is 20.3. The van der Waals surface area contributed by atoms with Crippen LogP contribution in [-0.4, -0.2) is 40.3 Å². The molecule has 0 aliphatic carbocycles. The average Bonchev–Trinajstić information content (AvgIpc) is 2.64. The van der Waals surface area contributed by atoms with Crippen LogP contribution in [0.5, 0.6) is 11.5 Å². The van der Waals surface area contributed by atoms with E-state index in [2.05, 4.69) is 5.32 Å². The molecule has 0 fully saturated rings. The van der Waals surface area contributed by atoms with Gasteiger partial charge in [-0.15, -0.1) is 0 Å². The highest BCUT2D eigenvalue weighted by Gasteiger charge is 2.21. The highest BCUT2D eigenvalue weighted by atomic mass is 35.5. The van der Waals surface area contributed by atoms with Crippen LogP contribution in [0.4, 0.5) is 11.4 Å². The van der Waals surface area contributed by atoms with Crippen molar-refractivity contribution in [2.45, 2.75) is 12.8 Å². The molecule has 0 saturated carbocycles. The predicted octanol–water partition coefficient (Wildman–Crippen LogP) is 3.30. The van der Waals surface area contributed by atoms with Crippen molar-refractivity contribution in [1.82, 2.24) is 0 Å². The molecule has 0 spiro atoms. The highest BCUT2D eigenvalue weighted by Crippen LogP contribution is 2.34. The number of carbonyl (C=O) groups excluding carboxylic acids is 1. The molecule has 3 rings (SSSR count). The van der Waals surface area contributed by atoms with Crippen LogP contribution < -0.4 is 19.1 Å². The zero-order chi connectivity index (χ0) is 20.1. The van der Waals surface area contributed by atoms with Gasteiger partial charge in [-0.2, -0.15) is 0 Å². The van der Waals surface area contributed by atoms with Crippen LogP contribution in [0.15, 0.2) is 42.5 Å². The van der Waals surface area contributed by atoms with E-state index in [9.17, 15) is 13.2 Å². The summed E-state index contributed by atoms with van der Waals surface area (Å²) in [6.07, 6.45) is 1.66. The third-order valence-electron chi connectivity index (χ3n) is 4.09. The number of nitrogens with one attached hydrogen (secondary N) is 1. The van der Waals surface area contributed by atoms with Crippen LogP contribution in [0.2, 0.25) is 5.02 Å². The monoisotopic (exact) mass is 424 g/mol. The van der Waals surface area contributed by atoms with Crippen LogP contribution in [0.25, 0.3) is 0 Å². The maximum Gasteiger partial charge on any atom is 0.232 e. The SMILES string of the molecule is CS(=O)(=O)N(CCCC(=O)Nc1cccc(Cl)c1)c1ccc2c(c1)OCCO2. The van der Waals surface area contributed by atoms with E-state index in [4.69, 9.17) is 21.1 Å². The molecule has 0 unspecified atom stereocenters. The first-order valence-corrected chi connectivity index (χ1v) is 11.0. The van der Waals surface area contributed by atoms with Crippen LogP contribution in [0.1, 0.15) is 12.8 Å². The largest absolute Gasteiger partial charge is 0.486 e. The summed E-state index contributed by atoms with van der Waals surface area (Å²) in [5, 5.41) is 3.28. The molecule has 2 aromatic carbocycles. The van der Waals surface area contributed by atoms with E-state index in [1.165, 1.54) is 4.31 Å². The number of sulfonamides is 1. The van der Waals surface area contributed by atoms with Gasteiger partial charge in [0.05, 0.1) is 11.9 Å². The second-order valence-corrected chi connectivity index (χ2v) is 8.67. The summed E-state index contributed by atoms with van der Waals surface area (Å²) < 4.78 is 36.7. The molecule has 7 nitrogen and oxygen atoms in total. The van der Waals surface area contributed by atoms with Gasteiger partial charge in [-0.25, -0.2) is 8.42 Å². The van der Waals surface area contributed by atoms with E-state index in [0.717, 1.165) is 6.26 Å². The molecule has 0 aromatic heterocycles. The molecule has 0 saturated heterocycles. The molecule has 1 heterocycles. The van der Waals surface area contributed by atoms with Crippen molar-refractivity contribution in [3.8, 4) is 11.5 Å². The molecule has 2 aromatic rings. The number of ether oxygens (including phenoxy) is 2. The van der Waals surface area contributed by atoms with Gasteiger partial charge < -0.3 is 14.8 Å². The Morgan fingerprint density at radius 2 is 1.89 bits per heavy atom. The zero-order valence-electron chi connectivity index (χ0n) is 15.4. The van der Waals surface area contributed by atoms with Gasteiger partial charge in [0.2, 0.25) is 15.9 Å². The van der Waals surface area contributed by atoms with Crippen LogP contribution in [0.3, 0.4) is 0 Å². The summed E-state index contributed by atoms with van der Waals surface area (Å²) in [6.45, 7) is 1.05. The fourth-order valence-electron chi connectivity index (χ4n) is 2.85. The van der Waals surface area contributed by atoms with Crippen LogP contribution in [0, 0.1) is 0 Å². The van der Waals surface area contributed by atoms with Gasteiger partial charge >= 0.3 is 0 Å². The summed E-state index contributed by atoms with van der Waals surface area (Å²) in [5.41, 5.74) is 1.08. The summed E-state index contributed by atoms with van der Waals surface area (Å²) in [5.74, 6) is 0.887. The number of carbonyl (C=O) groups is 1. The van der Waals surface area contributed by atoms with E-state index in [1.54, 1.807) is 42.5 Å². The molecule has 9 heteroatoms. The Kier molecular flexibility index (Phi) is 6.31. The molecule has 0 radical (unpaired) electrons. The Hall–Kier alpha value is -2.45. The second kappa shape index (κ2) is 8.70. The van der Waals surface area contributed by atoms with Gasteiger partial charge in [-0.05, 0) is 36.8 Å². The van der Waals surface area contributed by atoms with Crippen molar-refractivity contribution in [1.29, 1.82) is 0 Å². The Bertz CT molecular complexity index is 965. The van der Waals surface area contributed by atoms with Gasteiger partial charge in [0, 0.05) is 29.7 Å². The number of halogens is 1. The number of rotatable bonds is 7. The summed E-state index contributed by atoms with van der Waals surface area (Å²) in [7, 11) is -3.52. The average molecular weight is 425 g/mol. The van der Waals surface area contributed by atoms with Crippen molar-refractivity contribution in [3.05, 3.63) is 47.5 Å². The number of benzene rings is 2. The van der Waals surface area contributed by atoms with E-state index in [0.29, 0.717) is 47.5 Å². The summed E-state index contributed by atoms with van der Waals surface area (Å²) in [6, 6.07) is 11.8. The lowest BCUT2D eigenvalue weighted by molar-refractivity contribution is -0.116. The fourth-order valence-corrected chi connectivity index (χ4v) is 3.99. The fraction of sp³-hybridized carbons (Fsp3) is 0.316. The molecule has 1 N–H and O–H groups in total. The Balaban J connectivity index is 1.63. The summed E-state index contributed by atoms with van der Waals surface area (Å²) >= 11 is 5.90. The van der Waals surface area contributed by atoms with Crippen molar-refractivity contribution in [3.63, 3.8) is 0 Å². The highest BCUT2D eigenvalue weighted by molar-refractivity contribution is 7.92. The Labute approximate surface area is 169 Å². The number of fused-ring (bicyclic) bond motifs is 1. The first-order valence-electron chi connectivity index (χ1n) is 8.76. The third kappa shape index (κ3) is 5.30. The molecule has 1 aliphatic rings. The minimum absolute atomic E-state index is 0.168. The minimum Gasteiger partial charge on any atom is -0.486 e. The maximum absolute atomic E-state index is 12.2. The van der Waals surface area contributed by atoms with Crippen molar-refractivity contribution in [2.24, 2.45) is 0 Å². The molecule has 28 heavy (non-hydrogen) atoms. The minimum atomic E-state index is -3.52. The van der Waals surface area contributed by atoms with Gasteiger partial charge in [-0.1, -0.05) is 17.7 Å². The van der Waals surface area contributed by atoms with Gasteiger partial charge in [-0.3, -0.25) is 9.10 Å². The zero-order valence-corrected chi connectivity index (χ0v) is 16.9. The number of nitrogens with zero attached hydrogens (tertiary/aromatic N) is 1. The van der Waals surface area contributed by atoms with E-state index in [-0.39, 0.29) is 18.9 Å². The number of anilines is 2. The van der Waals surface area contributed by atoms with E-state index < -0.39 is 10.0 Å². The smallest absolute Gasteiger partial charge is 0.232 e. The first-order chi connectivity index (χ1) is 13.3. The lowest BCUT2D eigenvalue weighted by Crippen LogP contribution is -2.31. The Morgan fingerprint density at radius 3 is 2.61 bits per heavy atom. The predicted molar refractivity (Wildman–Crippen MR) is 109 cm³/mol. The van der Waals surface area contributed by atoms with Gasteiger partial charge in [0.25, 0.3) is 0 Å². The van der Waals surface area contributed by atoms with Crippen molar-refractivity contribution in [2.75, 3.05) is 35.6 Å². The lowest BCUT2D eigenvalue weighted by atomic mass is 10.2. The lowest BCUT2D eigenvalue weighted by Gasteiger charge is -2.25. The quantitative estimate of drug-likeness (QED) is 0.737. The van der Waals surface area contributed by atoms with Gasteiger partial charge in [0.1, 0.15) is 13.2 Å². The van der Waals surface area contributed by atoms with E-state index in [1.807, 2.05) is 0 Å². The maximum atomic E-state index is 12.2. The number of hydrogen-bond acceptors (Lipinski definition) is 5. The second-order valence-electron chi connectivity index (χ2n) is 6.33. The molecule has 0 bridgehead atoms. The number of hydrogen-bond donors (Lipinski definition) is 1. The van der Waals surface area contributed by atoms with Crippen LogP contribution in [-0.2, 0) is 14.8 Å². The molecule has 150 valence electrons.